The highest BCUT2D eigenvalue weighted by atomic mass is 31.2. The molecule has 0 spiro atoms. The number of phosphoric acid groups is 1. The van der Waals surface area contributed by atoms with Gasteiger partial charge in [-0.25, -0.2) is 9.36 Å². The van der Waals surface area contributed by atoms with Crippen LogP contribution in [0.4, 0.5) is 0 Å². The molecule has 0 saturated carbocycles. The minimum absolute atomic E-state index is 0.146. The van der Waals surface area contributed by atoms with Gasteiger partial charge in [-0.3, -0.25) is 18.6 Å². The molecule has 0 aromatic carbocycles. The van der Waals surface area contributed by atoms with Crippen molar-refractivity contribution in [1.29, 1.82) is 0 Å². The Balaban J connectivity index is 3.82. The summed E-state index contributed by atoms with van der Waals surface area (Å²) in [5, 5.41) is 21.9. The van der Waals surface area contributed by atoms with Crippen molar-refractivity contribution in [2.24, 2.45) is 0 Å². The number of hydrogen-bond donors (Lipinski definition) is 4. The summed E-state index contributed by atoms with van der Waals surface area (Å²) in [5.74, 6) is -2.37. The third-order valence-corrected chi connectivity index (χ3v) is 12.4. The number of carboxylic acid groups (broad SMARTS) is 1. The van der Waals surface area contributed by atoms with Crippen LogP contribution in [0, 0.1) is 0 Å². The Morgan fingerprint density at radius 2 is 0.859 bits per heavy atom. The molecular formula is C52H96NO10P. The number of carbonyl (C=O) groups is 3. The molecule has 0 bridgehead atoms. The molecular weight excluding hydrogens is 830 g/mol. The molecule has 0 rings (SSSR count). The van der Waals surface area contributed by atoms with E-state index in [9.17, 15) is 34.1 Å². The van der Waals surface area contributed by atoms with E-state index in [4.69, 9.17) is 13.8 Å². The summed E-state index contributed by atoms with van der Waals surface area (Å²) in [6, 6.07) is -1.55. The van der Waals surface area contributed by atoms with Gasteiger partial charge in [0.25, 0.3) is 0 Å². The van der Waals surface area contributed by atoms with Gasteiger partial charge < -0.3 is 25.2 Å². The van der Waals surface area contributed by atoms with Gasteiger partial charge in [0.2, 0.25) is 5.91 Å². The Kier molecular flexibility index (Phi) is 45.5. The van der Waals surface area contributed by atoms with Crippen LogP contribution in [-0.4, -0.2) is 64.9 Å². The molecule has 3 unspecified atom stereocenters. The second-order valence-corrected chi connectivity index (χ2v) is 19.2. The second kappa shape index (κ2) is 47.2. The van der Waals surface area contributed by atoms with Gasteiger partial charge in [0.15, 0.2) is 6.04 Å². The first-order valence-electron chi connectivity index (χ1n) is 26.0. The number of allylic oxidation sites excluding steroid dienone is 6. The van der Waals surface area contributed by atoms with E-state index in [0.717, 1.165) is 51.4 Å². The minimum atomic E-state index is -4.76. The Morgan fingerprint density at radius 3 is 1.31 bits per heavy atom. The molecule has 0 fully saturated rings. The van der Waals surface area contributed by atoms with Gasteiger partial charge in [-0.15, -0.1) is 0 Å². The molecule has 0 radical (unpaired) electrons. The number of hydrogen-bond acceptors (Lipinski definition) is 8. The topological polar surface area (TPSA) is 169 Å². The quantitative estimate of drug-likeness (QED) is 0.0199. The lowest BCUT2D eigenvalue weighted by atomic mass is 10.0. The number of carbonyl (C=O) groups excluding carboxylic acids is 2. The summed E-state index contributed by atoms with van der Waals surface area (Å²) < 4.78 is 27.0. The van der Waals surface area contributed by atoms with Crippen molar-refractivity contribution in [3.05, 3.63) is 36.5 Å². The van der Waals surface area contributed by atoms with Crippen molar-refractivity contribution in [2.75, 3.05) is 19.8 Å². The highest BCUT2D eigenvalue weighted by Gasteiger charge is 2.28. The van der Waals surface area contributed by atoms with Gasteiger partial charge in [-0.05, 0) is 70.6 Å². The number of aliphatic hydroxyl groups is 1. The Morgan fingerprint density at radius 1 is 0.500 bits per heavy atom. The smallest absolute Gasteiger partial charge is 0.472 e. The SMILES string of the molecule is CCCCC/C=C\C/C=C\CCCCCCCCCCCC(=O)OCC(O)COP(=O)(O)OCC(NC(=O)CCCCCCCCCCCCC/C=C/CCCCCCCC)C(=O)O. The number of amides is 1. The molecule has 11 nitrogen and oxygen atoms in total. The molecule has 1 amide bonds. The minimum Gasteiger partial charge on any atom is -0.480 e. The number of rotatable bonds is 49. The lowest BCUT2D eigenvalue weighted by Crippen LogP contribution is -2.43. The molecule has 12 heteroatoms. The number of phosphoric ester groups is 1. The van der Waals surface area contributed by atoms with Crippen molar-refractivity contribution < 1.29 is 47.8 Å². The predicted octanol–water partition coefficient (Wildman–Crippen LogP) is 14.3. The molecule has 0 aliphatic heterocycles. The van der Waals surface area contributed by atoms with Gasteiger partial charge in [-0.1, -0.05) is 198 Å². The predicted molar refractivity (Wildman–Crippen MR) is 263 cm³/mol. The van der Waals surface area contributed by atoms with E-state index in [-0.39, 0.29) is 12.8 Å². The van der Waals surface area contributed by atoms with Gasteiger partial charge in [0.05, 0.1) is 13.2 Å². The van der Waals surface area contributed by atoms with Crippen LogP contribution in [0.1, 0.15) is 245 Å². The molecule has 0 heterocycles. The summed E-state index contributed by atoms with van der Waals surface area (Å²) in [5.41, 5.74) is 0. The summed E-state index contributed by atoms with van der Waals surface area (Å²) in [7, 11) is -4.76. The molecule has 0 aliphatic carbocycles. The van der Waals surface area contributed by atoms with E-state index in [0.29, 0.717) is 12.8 Å². The van der Waals surface area contributed by atoms with Crippen LogP contribution in [0.3, 0.4) is 0 Å². The fourth-order valence-electron chi connectivity index (χ4n) is 7.34. The maximum Gasteiger partial charge on any atom is 0.472 e. The van der Waals surface area contributed by atoms with E-state index in [1.807, 2.05) is 0 Å². The van der Waals surface area contributed by atoms with Crippen molar-refractivity contribution in [2.45, 2.75) is 257 Å². The first-order valence-corrected chi connectivity index (χ1v) is 27.5. The number of ether oxygens (including phenoxy) is 1. The lowest BCUT2D eigenvalue weighted by Gasteiger charge is -2.18. The van der Waals surface area contributed by atoms with Gasteiger partial charge in [-0.2, -0.15) is 0 Å². The van der Waals surface area contributed by atoms with Crippen LogP contribution in [-0.2, 0) is 32.7 Å². The second-order valence-electron chi connectivity index (χ2n) is 17.7. The maximum atomic E-state index is 12.4. The first kappa shape index (κ1) is 61.7. The third kappa shape index (κ3) is 46.2. The number of aliphatic hydroxyl groups excluding tert-OH is 1. The molecule has 64 heavy (non-hydrogen) atoms. The standard InChI is InChI=1S/C52H96NO10P/c1-3-5-7-9-11-13-15-17-19-21-23-24-26-27-29-31-33-35-37-39-41-43-50(55)53-49(52(57)58)47-63-64(59,60)62-46-48(54)45-61-51(56)44-42-40-38-36-34-32-30-28-25-22-20-18-16-14-12-10-8-6-4-2/h12,14,17-20,48-49,54H,3-11,13,15-16,21-47H2,1-2H3,(H,53,55)(H,57,58)(H,59,60)/b14-12-,19-17+,20-18-. The Hall–Kier alpha value is -2.30. The fraction of sp³-hybridized carbons (Fsp3) is 0.827. The van der Waals surface area contributed by atoms with E-state index in [1.165, 1.54) is 154 Å². The lowest BCUT2D eigenvalue weighted by molar-refractivity contribution is -0.147. The molecule has 0 aromatic rings. The maximum absolute atomic E-state index is 12.4. The van der Waals surface area contributed by atoms with Gasteiger partial charge in [0, 0.05) is 12.8 Å². The van der Waals surface area contributed by atoms with Crippen molar-refractivity contribution in [1.82, 2.24) is 5.32 Å². The van der Waals surface area contributed by atoms with E-state index < -0.39 is 57.6 Å². The van der Waals surface area contributed by atoms with E-state index >= 15 is 0 Å². The molecule has 0 aromatic heterocycles. The number of aliphatic carboxylic acids is 1. The zero-order chi connectivity index (χ0) is 47.0. The molecule has 0 saturated heterocycles. The normalized spacial score (nSPS) is 13.8. The van der Waals surface area contributed by atoms with Crippen LogP contribution in [0.2, 0.25) is 0 Å². The monoisotopic (exact) mass is 926 g/mol. The van der Waals surface area contributed by atoms with Crippen LogP contribution in [0.15, 0.2) is 36.5 Å². The third-order valence-electron chi connectivity index (χ3n) is 11.4. The summed E-state index contributed by atoms with van der Waals surface area (Å²) in [4.78, 5) is 46.1. The average Bonchev–Trinajstić information content (AvgIpc) is 3.27. The van der Waals surface area contributed by atoms with Gasteiger partial charge in [0.1, 0.15) is 12.7 Å². The molecule has 374 valence electrons. The fourth-order valence-corrected chi connectivity index (χ4v) is 8.11. The van der Waals surface area contributed by atoms with Crippen LogP contribution < -0.4 is 5.32 Å². The number of esters is 1. The largest absolute Gasteiger partial charge is 0.480 e. The average molecular weight is 926 g/mol. The Bertz CT molecular complexity index is 1220. The molecule has 0 aliphatic rings. The number of nitrogens with one attached hydrogen (secondary N) is 1. The van der Waals surface area contributed by atoms with E-state index in [2.05, 4.69) is 55.6 Å². The summed E-state index contributed by atoms with van der Waals surface area (Å²) in [6.45, 7) is 2.60. The van der Waals surface area contributed by atoms with E-state index in [1.54, 1.807) is 0 Å². The Labute approximate surface area is 391 Å². The zero-order valence-corrected chi connectivity index (χ0v) is 41.7. The molecule has 4 N–H and O–H groups in total. The summed E-state index contributed by atoms with van der Waals surface area (Å²) in [6.07, 6.45) is 53.0. The van der Waals surface area contributed by atoms with Crippen molar-refractivity contribution in [3.63, 3.8) is 0 Å². The van der Waals surface area contributed by atoms with Crippen LogP contribution in [0.5, 0.6) is 0 Å². The highest BCUT2D eigenvalue weighted by molar-refractivity contribution is 7.47. The first-order chi connectivity index (χ1) is 31.1. The number of unbranched alkanes of at least 4 members (excludes halogenated alkanes) is 29. The van der Waals surface area contributed by atoms with Crippen LogP contribution in [0.25, 0.3) is 0 Å². The molecule has 3 atom stereocenters. The van der Waals surface area contributed by atoms with Crippen molar-refractivity contribution in [3.8, 4) is 0 Å². The summed E-state index contributed by atoms with van der Waals surface area (Å²) >= 11 is 0. The zero-order valence-electron chi connectivity index (χ0n) is 40.8. The van der Waals surface area contributed by atoms with Crippen molar-refractivity contribution >= 4 is 25.7 Å². The highest BCUT2D eigenvalue weighted by Crippen LogP contribution is 2.43. The van der Waals surface area contributed by atoms with Crippen LogP contribution >= 0.6 is 7.82 Å². The number of carboxylic acids is 1. The van der Waals surface area contributed by atoms with Gasteiger partial charge >= 0.3 is 19.8 Å².